The van der Waals surface area contributed by atoms with Crippen molar-refractivity contribution in [1.29, 1.82) is 0 Å². The van der Waals surface area contributed by atoms with Crippen molar-refractivity contribution in [2.24, 2.45) is 5.73 Å². The van der Waals surface area contributed by atoms with E-state index in [4.69, 9.17) is 10.5 Å². The van der Waals surface area contributed by atoms with Crippen LogP contribution in [0, 0.1) is 5.82 Å². The summed E-state index contributed by atoms with van der Waals surface area (Å²) in [6.07, 6.45) is 1.20. The van der Waals surface area contributed by atoms with Crippen LogP contribution in [0.1, 0.15) is 40.9 Å². The highest BCUT2D eigenvalue weighted by Gasteiger charge is 2.26. The van der Waals surface area contributed by atoms with E-state index in [-0.39, 0.29) is 48.9 Å². The first-order valence-corrected chi connectivity index (χ1v) is 13.7. The number of nitrogens with one attached hydrogen (secondary N) is 2. The number of carbonyl (C=O) groups is 3. The molecular formula is C29H35FN6O5. The molecule has 2 heterocycles. The van der Waals surface area contributed by atoms with Crippen LogP contribution in [0.4, 0.5) is 4.39 Å². The second kappa shape index (κ2) is 14.5. The predicted octanol–water partition coefficient (Wildman–Crippen LogP) is 1.20. The van der Waals surface area contributed by atoms with Crippen LogP contribution in [0.15, 0.2) is 47.3 Å². The standard InChI is InChI=1S/C29H35FN6O5/c30-24-9-8-20(19-25-21-4-1-2-5-22(21)28(39)34-33-25)18-23(24)29(40)36-14-12-35(13-15-36)27(38)7-3-6-26(37)32-11-17-41-16-10-31/h1-2,4-5,8-9,18H,3,6-7,10-17,19,31H2,(H,32,37)(H,34,39). The summed E-state index contributed by atoms with van der Waals surface area (Å²) in [5, 5.41) is 10.6. The summed E-state index contributed by atoms with van der Waals surface area (Å²) in [7, 11) is 0. The van der Waals surface area contributed by atoms with E-state index in [1.807, 2.05) is 6.07 Å². The van der Waals surface area contributed by atoms with Crippen molar-refractivity contribution in [2.45, 2.75) is 25.7 Å². The third-order valence-corrected chi connectivity index (χ3v) is 6.95. The summed E-state index contributed by atoms with van der Waals surface area (Å²) < 4.78 is 19.9. The van der Waals surface area contributed by atoms with Crippen LogP contribution in [0.5, 0.6) is 0 Å². The molecule has 1 fully saturated rings. The number of fused-ring (bicyclic) bond motifs is 1. The number of hydrogen-bond acceptors (Lipinski definition) is 7. The summed E-state index contributed by atoms with van der Waals surface area (Å²) in [5.41, 5.74) is 6.30. The van der Waals surface area contributed by atoms with Gasteiger partial charge in [-0.05, 0) is 30.2 Å². The largest absolute Gasteiger partial charge is 0.378 e. The third kappa shape index (κ3) is 7.95. The highest BCUT2D eigenvalue weighted by atomic mass is 19.1. The fourth-order valence-electron chi connectivity index (χ4n) is 4.77. The van der Waals surface area contributed by atoms with Gasteiger partial charge in [0.25, 0.3) is 11.5 Å². The Morgan fingerprint density at radius 3 is 2.49 bits per heavy atom. The van der Waals surface area contributed by atoms with E-state index in [1.165, 1.54) is 12.1 Å². The molecule has 12 heteroatoms. The smallest absolute Gasteiger partial charge is 0.272 e. The molecule has 11 nitrogen and oxygen atoms in total. The van der Waals surface area contributed by atoms with Gasteiger partial charge in [0.15, 0.2) is 0 Å². The van der Waals surface area contributed by atoms with E-state index in [0.717, 1.165) is 0 Å². The molecule has 0 unspecified atom stereocenters. The number of nitrogens with two attached hydrogens (primary N) is 1. The molecule has 0 spiro atoms. The van der Waals surface area contributed by atoms with Crippen LogP contribution in [0.25, 0.3) is 10.8 Å². The van der Waals surface area contributed by atoms with Crippen molar-refractivity contribution in [3.63, 3.8) is 0 Å². The molecule has 4 rings (SSSR count). The van der Waals surface area contributed by atoms with Crippen LogP contribution >= 0.6 is 0 Å². The lowest BCUT2D eigenvalue weighted by Crippen LogP contribution is -2.50. The van der Waals surface area contributed by atoms with E-state index in [0.29, 0.717) is 74.3 Å². The molecule has 0 bridgehead atoms. The van der Waals surface area contributed by atoms with Gasteiger partial charge < -0.3 is 25.6 Å². The number of aromatic amines is 1. The Balaban J connectivity index is 1.27. The molecule has 1 aliphatic rings. The minimum atomic E-state index is -0.624. The van der Waals surface area contributed by atoms with Gasteiger partial charge in [0.1, 0.15) is 5.82 Å². The Hall–Kier alpha value is -4.16. The average molecular weight is 567 g/mol. The van der Waals surface area contributed by atoms with Gasteiger partial charge in [0, 0.05) is 63.9 Å². The molecule has 4 N–H and O–H groups in total. The van der Waals surface area contributed by atoms with Gasteiger partial charge >= 0.3 is 0 Å². The number of halogens is 1. The molecule has 3 amide bonds. The zero-order chi connectivity index (χ0) is 29.2. The fourth-order valence-corrected chi connectivity index (χ4v) is 4.77. The van der Waals surface area contributed by atoms with Crippen molar-refractivity contribution in [2.75, 3.05) is 52.5 Å². The summed E-state index contributed by atoms with van der Waals surface area (Å²) in [4.78, 5) is 53.0. The summed E-state index contributed by atoms with van der Waals surface area (Å²) in [6, 6.07) is 11.5. The van der Waals surface area contributed by atoms with Crippen LogP contribution in [0.3, 0.4) is 0 Å². The molecular weight excluding hydrogens is 531 g/mol. The highest BCUT2D eigenvalue weighted by molar-refractivity contribution is 5.95. The maximum Gasteiger partial charge on any atom is 0.272 e. The number of ether oxygens (including phenoxy) is 1. The highest BCUT2D eigenvalue weighted by Crippen LogP contribution is 2.20. The second-order valence-electron chi connectivity index (χ2n) is 9.81. The van der Waals surface area contributed by atoms with Crippen molar-refractivity contribution >= 4 is 28.5 Å². The molecule has 41 heavy (non-hydrogen) atoms. The topological polar surface area (TPSA) is 151 Å². The summed E-state index contributed by atoms with van der Waals surface area (Å²) in [5.74, 6) is -1.29. The first-order valence-electron chi connectivity index (χ1n) is 13.7. The Morgan fingerprint density at radius 1 is 1.00 bits per heavy atom. The number of hydrogen-bond donors (Lipinski definition) is 3. The van der Waals surface area contributed by atoms with Crippen LogP contribution in [-0.2, 0) is 20.7 Å². The van der Waals surface area contributed by atoms with E-state index < -0.39 is 11.7 Å². The maximum atomic E-state index is 14.7. The normalized spacial score (nSPS) is 13.4. The molecule has 0 aliphatic carbocycles. The lowest BCUT2D eigenvalue weighted by atomic mass is 10.0. The van der Waals surface area contributed by atoms with Crippen molar-refractivity contribution in [1.82, 2.24) is 25.3 Å². The first-order chi connectivity index (χ1) is 19.9. The zero-order valence-electron chi connectivity index (χ0n) is 22.9. The second-order valence-corrected chi connectivity index (χ2v) is 9.81. The first kappa shape index (κ1) is 29.8. The maximum absolute atomic E-state index is 14.7. The minimum absolute atomic E-state index is 0.0459. The third-order valence-electron chi connectivity index (χ3n) is 6.95. The van der Waals surface area contributed by atoms with Crippen molar-refractivity contribution in [3.8, 4) is 0 Å². The number of rotatable bonds is 12. The molecule has 218 valence electrons. The van der Waals surface area contributed by atoms with Gasteiger partial charge in [-0.1, -0.05) is 24.3 Å². The molecule has 1 saturated heterocycles. The van der Waals surface area contributed by atoms with Gasteiger partial charge in [-0.25, -0.2) is 9.49 Å². The van der Waals surface area contributed by atoms with Gasteiger partial charge in [-0.15, -0.1) is 0 Å². The van der Waals surface area contributed by atoms with E-state index in [1.54, 1.807) is 34.1 Å². The molecule has 0 saturated carbocycles. The number of amides is 3. The van der Waals surface area contributed by atoms with E-state index >= 15 is 0 Å². The number of H-pyrrole nitrogens is 1. The zero-order valence-corrected chi connectivity index (χ0v) is 22.9. The Kier molecular flexibility index (Phi) is 10.5. The molecule has 3 aromatic rings. The Morgan fingerprint density at radius 2 is 1.73 bits per heavy atom. The lowest BCUT2D eigenvalue weighted by molar-refractivity contribution is -0.132. The molecule has 0 atom stereocenters. The van der Waals surface area contributed by atoms with E-state index in [9.17, 15) is 23.6 Å². The predicted molar refractivity (Wildman–Crippen MR) is 151 cm³/mol. The molecule has 1 aromatic heterocycles. The number of carbonyl (C=O) groups excluding carboxylic acids is 3. The summed E-state index contributed by atoms with van der Waals surface area (Å²) in [6.45, 7) is 2.90. The molecule has 2 aromatic carbocycles. The van der Waals surface area contributed by atoms with E-state index in [2.05, 4.69) is 15.5 Å². The minimum Gasteiger partial charge on any atom is -0.378 e. The van der Waals surface area contributed by atoms with Gasteiger partial charge in [0.2, 0.25) is 11.8 Å². The number of aromatic nitrogens is 2. The monoisotopic (exact) mass is 566 g/mol. The van der Waals surface area contributed by atoms with Gasteiger partial charge in [-0.3, -0.25) is 19.2 Å². The summed E-state index contributed by atoms with van der Waals surface area (Å²) >= 11 is 0. The Bertz CT molecular complexity index is 1440. The Labute approximate surface area is 236 Å². The van der Waals surface area contributed by atoms with Gasteiger partial charge in [0.05, 0.1) is 29.9 Å². The number of piperazine rings is 1. The van der Waals surface area contributed by atoms with Crippen molar-refractivity contribution < 1.29 is 23.5 Å². The fraction of sp³-hybridized carbons (Fsp3) is 0.414. The van der Waals surface area contributed by atoms with Crippen molar-refractivity contribution in [3.05, 3.63) is 75.5 Å². The molecule has 0 radical (unpaired) electrons. The lowest BCUT2D eigenvalue weighted by Gasteiger charge is -2.35. The van der Waals surface area contributed by atoms with Crippen LogP contribution < -0.4 is 16.6 Å². The van der Waals surface area contributed by atoms with Crippen LogP contribution in [0.2, 0.25) is 0 Å². The number of nitrogens with zero attached hydrogens (tertiary/aromatic N) is 3. The average Bonchev–Trinajstić information content (AvgIpc) is 2.99. The van der Waals surface area contributed by atoms with Gasteiger partial charge in [-0.2, -0.15) is 5.10 Å². The SMILES string of the molecule is NCCOCCNC(=O)CCCC(=O)N1CCN(C(=O)c2cc(Cc3n[nH]c(=O)c4ccccc34)ccc2F)CC1. The van der Waals surface area contributed by atoms with Crippen LogP contribution in [-0.4, -0.2) is 90.2 Å². The molecule has 1 aliphatic heterocycles. The number of benzene rings is 2. The quantitative estimate of drug-likeness (QED) is 0.279.